The molecule has 7 heteroatoms. The Bertz CT molecular complexity index is 520. The van der Waals surface area contributed by atoms with Crippen molar-refractivity contribution < 1.29 is 14.3 Å². The summed E-state index contributed by atoms with van der Waals surface area (Å²) in [5.74, 6) is 1.52. The molecule has 1 amide bonds. The van der Waals surface area contributed by atoms with E-state index >= 15 is 0 Å². The highest BCUT2D eigenvalue weighted by molar-refractivity contribution is 5.85. The fourth-order valence-corrected chi connectivity index (χ4v) is 2.71. The summed E-state index contributed by atoms with van der Waals surface area (Å²) in [6, 6.07) is 5.74. The molecule has 1 heterocycles. The van der Waals surface area contributed by atoms with Gasteiger partial charge in [0.2, 0.25) is 5.91 Å². The first kappa shape index (κ1) is 20.5. The van der Waals surface area contributed by atoms with Gasteiger partial charge in [0.15, 0.2) is 11.5 Å². The van der Waals surface area contributed by atoms with Gasteiger partial charge in [0, 0.05) is 26.7 Å². The molecule has 0 bridgehead atoms. The van der Waals surface area contributed by atoms with Crippen molar-refractivity contribution in [2.45, 2.75) is 13.0 Å². The Morgan fingerprint density at radius 2 is 1.96 bits per heavy atom. The van der Waals surface area contributed by atoms with Gasteiger partial charge < -0.3 is 19.7 Å². The number of hydrogen-bond donors (Lipinski definition) is 1. The summed E-state index contributed by atoms with van der Waals surface area (Å²) in [7, 11) is 5.07. The van der Waals surface area contributed by atoms with Crippen LogP contribution in [0.4, 0.5) is 0 Å². The molecule has 0 radical (unpaired) electrons. The van der Waals surface area contributed by atoms with Crippen LogP contribution < -0.4 is 14.8 Å². The molecule has 0 aliphatic carbocycles. The van der Waals surface area contributed by atoms with E-state index in [2.05, 4.69) is 10.2 Å². The molecule has 1 fully saturated rings. The first-order valence-corrected chi connectivity index (χ1v) is 8.02. The largest absolute Gasteiger partial charge is 0.493 e. The lowest BCUT2D eigenvalue weighted by Gasteiger charge is -2.23. The third-order valence-corrected chi connectivity index (χ3v) is 4.09. The van der Waals surface area contributed by atoms with E-state index in [1.165, 1.54) is 0 Å². The van der Waals surface area contributed by atoms with Gasteiger partial charge in [-0.05, 0) is 37.2 Å². The van der Waals surface area contributed by atoms with E-state index in [1.807, 2.05) is 25.2 Å². The molecule has 1 aliphatic rings. The van der Waals surface area contributed by atoms with Crippen molar-refractivity contribution in [1.82, 2.24) is 15.1 Å². The van der Waals surface area contributed by atoms with Gasteiger partial charge in [0.1, 0.15) is 0 Å². The highest BCUT2D eigenvalue weighted by Crippen LogP contribution is 2.27. The topological polar surface area (TPSA) is 54.0 Å². The fraction of sp³-hybridized carbons (Fsp3) is 0.588. The molecule has 0 spiro atoms. The molecule has 6 nitrogen and oxygen atoms in total. The van der Waals surface area contributed by atoms with Gasteiger partial charge >= 0.3 is 0 Å². The summed E-state index contributed by atoms with van der Waals surface area (Å²) in [4.78, 5) is 16.4. The number of ether oxygens (including phenoxy) is 2. The van der Waals surface area contributed by atoms with Crippen LogP contribution in [-0.4, -0.2) is 69.7 Å². The van der Waals surface area contributed by atoms with Gasteiger partial charge in [-0.1, -0.05) is 6.07 Å². The number of amides is 1. The summed E-state index contributed by atoms with van der Waals surface area (Å²) >= 11 is 0. The monoisotopic (exact) mass is 357 g/mol. The molecule has 0 atom stereocenters. The quantitative estimate of drug-likeness (QED) is 0.833. The number of methoxy groups -OCH3 is 2. The summed E-state index contributed by atoms with van der Waals surface area (Å²) < 4.78 is 10.5. The van der Waals surface area contributed by atoms with Crippen molar-refractivity contribution in [3.8, 4) is 11.5 Å². The molecule has 1 aromatic carbocycles. The smallest absolute Gasteiger partial charge is 0.236 e. The predicted octanol–water partition coefficient (Wildman–Crippen LogP) is 1.38. The van der Waals surface area contributed by atoms with Gasteiger partial charge in [-0.3, -0.25) is 9.69 Å². The number of halogens is 1. The van der Waals surface area contributed by atoms with Crippen molar-refractivity contribution in [1.29, 1.82) is 0 Å². The van der Waals surface area contributed by atoms with E-state index in [0.29, 0.717) is 24.6 Å². The third-order valence-electron chi connectivity index (χ3n) is 4.09. The number of carbonyl (C=O) groups is 1. The second-order valence-electron chi connectivity index (χ2n) is 5.82. The van der Waals surface area contributed by atoms with Gasteiger partial charge in [0.25, 0.3) is 0 Å². The second kappa shape index (κ2) is 10.4. The minimum absolute atomic E-state index is 0. The van der Waals surface area contributed by atoms with E-state index in [9.17, 15) is 4.79 Å². The first-order valence-electron chi connectivity index (χ1n) is 8.02. The minimum atomic E-state index is 0. The zero-order valence-corrected chi connectivity index (χ0v) is 15.5. The van der Waals surface area contributed by atoms with Crippen molar-refractivity contribution in [2.24, 2.45) is 0 Å². The van der Waals surface area contributed by atoms with Crippen molar-refractivity contribution >= 4 is 18.3 Å². The number of likely N-dealkylation sites (N-methyl/N-ethyl adjacent to an activating group) is 1. The number of benzene rings is 1. The standard InChI is InChI=1S/C17H27N3O3.ClH/c1-19(17(21)13-20-9-4-7-18-8-10-20)12-14-5-6-15(22-2)16(11-14)23-3;/h5-6,11,18H,4,7-10,12-13H2,1-3H3;1H. The number of nitrogens with one attached hydrogen (secondary N) is 1. The number of rotatable bonds is 6. The van der Waals surface area contributed by atoms with Crippen LogP contribution in [0.25, 0.3) is 0 Å². The molecule has 0 aromatic heterocycles. The van der Waals surface area contributed by atoms with Crippen LogP contribution >= 0.6 is 12.4 Å². The van der Waals surface area contributed by atoms with Crippen LogP contribution in [0.2, 0.25) is 0 Å². The Morgan fingerprint density at radius 3 is 2.67 bits per heavy atom. The SMILES string of the molecule is COc1ccc(CN(C)C(=O)CN2CCCNCC2)cc1OC.Cl. The number of hydrogen-bond acceptors (Lipinski definition) is 5. The highest BCUT2D eigenvalue weighted by atomic mass is 35.5. The maximum Gasteiger partial charge on any atom is 0.236 e. The number of nitrogens with zero attached hydrogens (tertiary/aromatic N) is 2. The fourth-order valence-electron chi connectivity index (χ4n) is 2.71. The molecule has 1 aromatic rings. The number of carbonyl (C=O) groups excluding carboxylic acids is 1. The van der Waals surface area contributed by atoms with E-state index in [4.69, 9.17) is 9.47 Å². The van der Waals surface area contributed by atoms with E-state index in [0.717, 1.165) is 38.2 Å². The van der Waals surface area contributed by atoms with Crippen LogP contribution in [0.1, 0.15) is 12.0 Å². The molecule has 1 aliphatic heterocycles. The van der Waals surface area contributed by atoms with E-state index in [1.54, 1.807) is 19.1 Å². The van der Waals surface area contributed by atoms with Gasteiger partial charge in [-0.25, -0.2) is 0 Å². The molecule has 136 valence electrons. The van der Waals surface area contributed by atoms with Crippen molar-refractivity contribution in [2.75, 3.05) is 54.0 Å². The third kappa shape index (κ3) is 5.85. The molecular weight excluding hydrogens is 330 g/mol. The lowest BCUT2D eigenvalue weighted by molar-refractivity contribution is -0.131. The molecule has 0 saturated carbocycles. The Kier molecular flexibility index (Phi) is 8.89. The summed E-state index contributed by atoms with van der Waals surface area (Å²) in [6.07, 6.45) is 1.09. The van der Waals surface area contributed by atoms with Crippen LogP contribution in [0.5, 0.6) is 11.5 Å². The van der Waals surface area contributed by atoms with Crippen LogP contribution in [0.3, 0.4) is 0 Å². The molecule has 1 N–H and O–H groups in total. The molecule has 24 heavy (non-hydrogen) atoms. The van der Waals surface area contributed by atoms with E-state index < -0.39 is 0 Å². The minimum Gasteiger partial charge on any atom is -0.493 e. The zero-order chi connectivity index (χ0) is 16.7. The highest BCUT2D eigenvalue weighted by Gasteiger charge is 2.16. The Labute approximate surface area is 150 Å². The van der Waals surface area contributed by atoms with Crippen molar-refractivity contribution in [3.63, 3.8) is 0 Å². The lowest BCUT2D eigenvalue weighted by Crippen LogP contribution is -2.39. The maximum atomic E-state index is 12.4. The molecule has 1 saturated heterocycles. The van der Waals surface area contributed by atoms with Crippen LogP contribution in [-0.2, 0) is 11.3 Å². The average molecular weight is 358 g/mol. The molecule has 0 unspecified atom stereocenters. The van der Waals surface area contributed by atoms with Crippen molar-refractivity contribution in [3.05, 3.63) is 23.8 Å². The summed E-state index contributed by atoms with van der Waals surface area (Å²) in [5.41, 5.74) is 1.02. The average Bonchev–Trinajstić information content (AvgIpc) is 2.83. The Balaban J connectivity index is 0.00000288. The van der Waals surface area contributed by atoms with E-state index in [-0.39, 0.29) is 18.3 Å². The van der Waals surface area contributed by atoms with Crippen LogP contribution in [0, 0.1) is 0 Å². The lowest BCUT2D eigenvalue weighted by atomic mass is 10.2. The normalized spacial score (nSPS) is 15.1. The first-order chi connectivity index (χ1) is 11.1. The molecule has 2 rings (SSSR count). The Hall–Kier alpha value is -1.50. The predicted molar refractivity (Wildman–Crippen MR) is 97.2 cm³/mol. The van der Waals surface area contributed by atoms with Gasteiger partial charge in [-0.2, -0.15) is 0 Å². The summed E-state index contributed by atoms with van der Waals surface area (Å²) in [5, 5.41) is 3.35. The second-order valence-corrected chi connectivity index (χ2v) is 5.82. The van der Waals surface area contributed by atoms with Gasteiger partial charge in [0.05, 0.1) is 20.8 Å². The summed E-state index contributed by atoms with van der Waals surface area (Å²) in [6.45, 7) is 4.93. The maximum absolute atomic E-state index is 12.4. The van der Waals surface area contributed by atoms with Gasteiger partial charge in [-0.15, -0.1) is 12.4 Å². The Morgan fingerprint density at radius 1 is 1.21 bits per heavy atom. The molecular formula is C17H28ClN3O3. The zero-order valence-electron chi connectivity index (χ0n) is 14.7. The van der Waals surface area contributed by atoms with Crippen LogP contribution in [0.15, 0.2) is 18.2 Å².